The average molecular weight is 466 g/mol. The maximum Gasteiger partial charge on any atom is 0.295 e. The second-order valence-electron chi connectivity index (χ2n) is 8.59. The molecule has 8 heteroatoms. The van der Waals surface area contributed by atoms with Gasteiger partial charge in [-0.15, -0.1) is 0 Å². The smallest absolute Gasteiger partial charge is 0.295 e. The number of benzene rings is 1. The van der Waals surface area contributed by atoms with Crippen LogP contribution in [0, 0.1) is 0 Å². The van der Waals surface area contributed by atoms with Crippen molar-refractivity contribution < 1.29 is 29.1 Å². The lowest BCUT2D eigenvalue weighted by molar-refractivity contribution is -0.908. The van der Waals surface area contributed by atoms with Gasteiger partial charge in [0, 0.05) is 30.9 Å². The number of nitrogens with zero attached hydrogens (tertiary/aromatic N) is 2. The zero-order valence-corrected chi connectivity index (χ0v) is 19.5. The molecular formula is C26H31N3O5. The molecule has 0 spiro atoms. The van der Waals surface area contributed by atoms with Gasteiger partial charge >= 0.3 is 0 Å². The molecule has 2 saturated heterocycles. The number of Topliss-reactive ketones (excluding diaryl/α,β-unsaturated/α-hetero) is 1. The number of likely N-dealkylation sites (tertiary alicyclic amines) is 1. The van der Waals surface area contributed by atoms with Crippen LogP contribution in [-0.4, -0.2) is 67.6 Å². The quantitative estimate of drug-likeness (QED) is 0.327. The maximum atomic E-state index is 13.5. The molecule has 0 aliphatic carbocycles. The van der Waals surface area contributed by atoms with E-state index in [1.807, 2.05) is 6.92 Å². The standard InChI is InChI=1S/C26H31N3O5/c1-2-16-34-21-6-4-20(5-7-21)24(30)22-23(19-8-10-27-11-9-19)29(26(32)25(22)31)13-3-12-28-14-17-33-18-15-28/h4-11,23,30H,2-3,12-18H2,1H3/b24-22+. The minimum Gasteiger partial charge on any atom is -0.872 e. The number of pyridine rings is 1. The Hall–Kier alpha value is -3.23. The van der Waals surface area contributed by atoms with E-state index in [9.17, 15) is 14.7 Å². The molecule has 0 radical (unpaired) electrons. The number of hydrogen-bond donors (Lipinski definition) is 1. The fraction of sp³-hybridized carbons (Fsp3) is 0.423. The first kappa shape index (κ1) is 23.9. The molecule has 34 heavy (non-hydrogen) atoms. The number of ketones is 1. The summed E-state index contributed by atoms with van der Waals surface area (Å²) < 4.78 is 11.0. The molecule has 1 aromatic heterocycles. The number of ether oxygens (including phenoxy) is 2. The van der Waals surface area contributed by atoms with Crippen molar-refractivity contribution in [3.8, 4) is 5.75 Å². The van der Waals surface area contributed by atoms with Gasteiger partial charge in [-0.25, -0.2) is 0 Å². The molecule has 0 bridgehead atoms. The number of amides is 1. The molecule has 180 valence electrons. The Morgan fingerprint density at radius 1 is 1.15 bits per heavy atom. The van der Waals surface area contributed by atoms with Crippen LogP contribution in [0.4, 0.5) is 0 Å². The van der Waals surface area contributed by atoms with Crippen LogP contribution in [0.15, 0.2) is 54.4 Å². The molecule has 8 nitrogen and oxygen atoms in total. The molecule has 2 aliphatic heterocycles. The van der Waals surface area contributed by atoms with E-state index in [1.165, 1.54) is 4.90 Å². The van der Waals surface area contributed by atoms with Gasteiger partial charge in [0.1, 0.15) is 18.8 Å². The first-order valence-corrected chi connectivity index (χ1v) is 11.9. The van der Waals surface area contributed by atoms with Crippen molar-refractivity contribution in [1.82, 2.24) is 9.88 Å². The number of quaternary nitrogens is 1. The molecule has 1 aromatic carbocycles. The zero-order chi connectivity index (χ0) is 23.9. The lowest BCUT2D eigenvalue weighted by atomic mass is 9.96. The number of carbonyl (C=O) groups excluding carboxylic acids is 2. The molecule has 1 amide bonds. The van der Waals surface area contributed by atoms with Gasteiger partial charge in [-0.05, 0) is 41.8 Å². The highest BCUT2D eigenvalue weighted by Gasteiger charge is 2.44. The first-order valence-electron chi connectivity index (χ1n) is 11.9. The zero-order valence-electron chi connectivity index (χ0n) is 19.5. The third-order valence-electron chi connectivity index (χ3n) is 6.27. The largest absolute Gasteiger partial charge is 0.872 e. The Balaban J connectivity index is 1.61. The van der Waals surface area contributed by atoms with E-state index in [2.05, 4.69) is 4.98 Å². The summed E-state index contributed by atoms with van der Waals surface area (Å²) in [6.07, 6.45) is 4.84. The van der Waals surface area contributed by atoms with E-state index in [4.69, 9.17) is 9.47 Å². The molecule has 4 rings (SSSR count). The molecule has 2 fully saturated rings. The Labute approximate surface area is 199 Å². The van der Waals surface area contributed by atoms with E-state index >= 15 is 0 Å². The van der Waals surface area contributed by atoms with Gasteiger partial charge in [-0.2, -0.15) is 0 Å². The van der Waals surface area contributed by atoms with Crippen molar-refractivity contribution in [3.63, 3.8) is 0 Å². The van der Waals surface area contributed by atoms with Crippen LogP contribution in [-0.2, 0) is 14.3 Å². The molecule has 2 aromatic rings. The van der Waals surface area contributed by atoms with E-state index in [1.54, 1.807) is 53.7 Å². The predicted octanol–water partition coefficient (Wildman–Crippen LogP) is 0.400. The van der Waals surface area contributed by atoms with E-state index in [0.717, 1.165) is 45.7 Å². The second kappa shape index (κ2) is 11.3. The van der Waals surface area contributed by atoms with Gasteiger partial charge < -0.3 is 24.4 Å². The fourth-order valence-corrected chi connectivity index (χ4v) is 4.48. The topological polar surface area (TPSA) is 96.2 Å². The number of aromatic nitrogens is 1. The summed E-state index contributed by atoms with van der Waals surface area (Å²) in [5.74, 6) is -1.11. The van der Waals surface area contributed by atoms with E-state index < -0.39 is 23.5 Å². The molecule has 1 unspecified atom stereocenters. The lowest BCUT2D eigenvalue weighted by Crippen LogP contribution is -3.14. The van der Waals surface area contributed by atoms with Gasteiger partial charge in [-0.3, -0.25) is 14.6 Å². The third kappa shape index (κ3) is 5.29. The van der Waals surface area contributed by atoms with Gasteiger partial charge in [0.15, 0.2) is 0 Å². The normalized spacial score (nSPS) is 20.6. The first-order chi connectivity index (χ1) is 16.6. The minimum absolute atomic E-state index is 0.00264. The number of nitrogens with one attached hydrogen (secondary N) is 1. The van der Waals surface area contributed by atoms with Crippen LogP contribution in [0.2, 0.25) is 0 Å². The van der Waals surface area contributed by atoms with Crippen LogP contribution in [0.5, 0.6) is 5.75 Å². The molecule has 3 heterocycles. The number of morpholine rings is 1. The summed E-state index contributed by atoms with van der Waals surface area (Å²) >= 11 is 0. The summed E-state index contributed by atoms with van der Waals surface area (Å²) in [6.45, 7) is 7.25. The number of carbonyl (C=O) groups is 2. The predicted molar refractivity (Wildman–Crippen MR) is 124 cm³/mol. The summed E-state index contributed by atoms with van der Waals surface area (Å²) in [7, 11) is 0. The lowest BCUT2D eigenvalue weighted by Gasteiger charge is -2.28. The van der Waals surface area contributed by atoms with Crippen molar-refractivity contribution in [2.45, 2.75) is 25.8 Å². The highest BCUT2D eigenvalue weighted by atomic mass is 16.5. The van der Waals surface area contributed by atoms with Crippen LogP contribution in [0.1, 0.15) is 36.9 Å². The van der Waals surface area contributed by atoms with Gasteiger partial charge in [0.25, 0.3) is 5.91 Å². The second-order valence-corrected chi connectivity index (χ2v) is 8.59. The summed E-state index contributed by atoms with van der Waals surface area (Å²) in [4.78, 5) is 33.1. The maximum absolute atomic E-state index is 13.5. The summed E-state index contributed by atoms with van der Waals surface area (Å²) in [5, 5.41) is 13.5. The van der Waals surface area contributed by atoms with Crippen LogP contribution in [0.25, 0.3) is 5.76 Å². The molecule has 0 saturated carbocycles. The van der Waals surface area contributed by atoms with Crippen molar-refractivity contribution in [2.75, 3.05) is 46.0 Å². The fourth-order valence-electron chi connectivity index (χ4n) is 4.48. The Kier molecular flexibility index (Phi) is 7.92. The molecule has 2 aliphatic rings. The monoisotopic (exact) mass is 465 g/mol. The van der Waals surface area contributed by atoms with Crippen molar-refractivity contribution in [2.24, 2.45) is 0 Å². The highest BCUT2D eigenvalue weighted by molar-refractivity contribution is 6.46. The Morgan fingerprint density at radius 3 is 2.53 bits per heavy atom. The van der Waals surface area contributed by atoms with Crippen LogP contribution >= 0.6 is 0 Å². The Bertz CT molecular complexity index is 1020. The molecule has 1 atom stereocenters. The van der Waals surface area contributed by atoms with Crippen molar-refractivity contribution in [1.29, 1.82) is 0 Å². The van der Waals surface area contributed by atoms with E-state index in [-0.39, 0.29) is 5.57 Å². The summed E-state index contributed by atoms with van der Waals surface area (Å²) in [6, 6.07) is 9.52. The van der Waals surface area contributed by atoms with Gasteiger partial charge in [0.05, 0.1) is 32.4 Å². The van der Waals surface area contributed by atoms with E-state index in [0.29, 0.717) is 30.0 Å². The van der Waals surface area contributed by atoms with Crippen LogP contribution < -0.4 is 14.7 Å². The summed E-state index contributed by atoms with van der Waals surface area (Å²) in [5.41, 5.74) is 1.06. The van der Waals surface area contributed by atoms with Crippen LogP contribution in [0.3, 0.4) is 0 Å². The minimum atomic E-state index is -0.725. The van der Waals surface area contributed by atoms with Gasteiger partial charge in [-0.1, -0.05) is 24.8 Å². The average Bonchev–Trinajstić information content (AvgIpc) is 3.13. The third-order valence-corrected chi connectivity index (χ3v) is 6.27. The van der Waals surface area contributed by atoms with Crippen molar-refractivity contribution >= 4 is 17.4 Å². The SMILES string of the molecule is CCCOc1ccc(/C([O-])=C2\C(=O)C(=O)N(CCC[NH+]3CCOCC3)C2c2ccncc2)cc1. The van der Waals surface area contributed by atoms with Gasteiger partial charge in [0.2, 0.25) is 5.78 Å². The highest BCUT2D eigenvalue weighted by Crippen LogP contribution is 2.38. The number of hydrogen-bond acceptors (Lipinski definition) is 6. The molecule has 1 N–H and O–H groups in total. The Morgan fingerprint density at radius 2 is 1.85 bits per heavy atom. The van der Waals surface area contributed by atoms with Crippen molar-refractivity contribution in [3.05, 3.63) is 65.5 Å². The number of rotatable bonds is 9. The molecular weight excluding hydrogens is 434 g/mol.